The van der Waals surface area contributed by atoms with E-state index in [1.54, 1.807) is 37.6 Å². The Morgan fingerprint density at radius 3 is 2.46 bits per heavy atom. The quantitative estimate of drug-likeness (QED) is 0.480. The van der Waals surface area contributed by atoms with E-state index in [9.17, 15) is 17.7 Å². The number of alkyl halides is 3. The van der Waals surface area contributed by atoms with Crippen LogP contribution in [0.4, 0.5) is 24.7 Å². The highest BCUT2D eigenvalue weighted by Crippen LogP contribution is 2.42. The van der Waals surface area contributed by atoms with Crippen molar-refractivity contribution in [3.05, 3.63) is 53.4 Å². The Hall–Kier alpha value is -2.11. The third-order valence-electron chi connectivity index (χ3n) is 3.76. The monoisotopic (exact) mass is 399 g/mol. The normalized spacial score (nSPS) is 12.4. The van der Waals surface area contributed by atoms with Crippen molar-refractivity contribution in [3.8, 4) is 0 Å². The third kappa shape index (κ3) is 3.69. The predicted molar refractivity (Wildman–Crippen MR) is 98.4 cm³/mol. The summed E-state index contributed by atoms with van der Waals surface area (Å²) in [5, 5.41) is 4.35. The van der Waals surface area contributed by atoms with Crippen molar-refractivity contribution in [2.24, 2.45) is 0 Å². The standard InChI is InChI=1S/C17H14ClF3N3OP/c1-26(2,25)14-11-6-4-3-5-10(11)7-8-13(14)23-15-12(17(19,20)21)9-22-16(18)24-15/h3-9H,1-2H3,(H,22,23,24). The van der Waals surface area contributed by atoms with Crippen LogP contribution in [-0.4, -0.2) is 23.3 Å². The average molecular weight is 400 g/mol. The zero-order valence-electron chi connectivity index (χ0n) is 13.8. The van der Waals surface area contributed by atoms with E-state index in [0.29, 0.717) is 16.9 Å². The number of hydrogen-bond acceptors (Lipinski definition) is 4. The molecule has 1 N–H and O–H groups in total. The van der Waals surface area contributed by atoms with Gasteiger partial charge in [0.25, 0.3) is 0 Å². The fourth-order valence-corrected chi connectivity index (χ4v) is 4.35. The number of nitrogens with one attached hydrogen (secondary N) is 1. The van der Waals surface area contributed by atoms with Gasteiger partial charge in [0.15, 0.2) is 0 Å². The van der Waals surface area contributed by atoms with E-state index in [4.69, 9.17) is 11.6 Å². The molecule has 0 unspecified atom stereocenters. The minimum atomic E-state index is -4.66. The molecule has 0 aliphatic carbocycles. The molecule has 0 saturated heterocycles. The maximum Gasteiger partial charge on any atom is 0.421 e. The molecule has 0 saturated carbocycles. The van der Waals surface area contributed by atoms with Gasteiger partial charge >= 0.3 is 6.18 Å². The van der Waals surface area contributed by atoms with Crippen molar-refractivity contribution < 1.29 is 17.7 Å². The molecule has 0 spiro atoms. The van der Waals surface area contributed by atoms with E-state index in [-0.39, 0.29) is 11.0 Å². The maximum absolute atomic E-state index is 13.3. The summed E-state index contributed by atoms with van der Waals surface area (Å²) in [6.07, 6.45) is -4.04. The number of aromatic nitrogens is 2. The Kier molecular flexibility index (Phi) is 4.71. The van der Waals surface area contributed by atoms with Gasteiger partial charge in [-0.25, -0.2) is 4.98 Å². The molecular weight excluding hydrogens is 386 g/mol. The smallest absolute Gasteiger partial charge is 0.339 e. The van der Waals surface area contributed by atoms with E-state index in [1.807, 2.05) is 12.1 Å². The van der Waals surface area contributed by atoms with E-state index >= 15 is 0 Å². The van der Waals surface area contributed by atoms with Crippen LogP contribution in [0.25, 0.3) is 10.8 Å². The van der Waals surface area contributed by atoms with Gasteiger partial charge in [-0.05, 0) is 41.8 Å². The lowest BCUT2D eigenvalue weighted by Crippen LogP contribution is -2.16. The van der Waals surface area contributed by atoms with Gasteiger partial charge in [0.05, 0.1) is 5.69 Å². The van der Waals surface area contributed by atoms with Gasteiger partial charge in [-0.1, -0.05) is 30.3 Å². The Balaban J connectivity index is 2.23. The van der Waals surface area contributed by atoms with E-state index in [1.165, 1.54) is 0 Å². The first-order chi connectivity index (χ1) is 12.1. The molecule has 3 aromatic rings. The highest BCUT2D eigenvalue weighted by molar-refractivity contribution is 7.71. The molecule has 1 aromatic heterocycles. The summed E-state index contributed by atoms with van der Waals surface area (Å²) in [5.41, 5.74) is -0.764. The second-order valence-electron chi connectivity index (χ2n) is 6.06. The average Bonchev–Trinajstić information content (AvgIpc) is 2.52. The Morgan fingerprint density at radius 2 is 1.81 bits per heavy atom. The summed E-state index contributed by atoms with van der Waals surface area (Å²) in [6.45, 7) is 3.13. The molecule has 0 radical (unpaired) electrons. The minimum absolute atomic E-state index is 0.289. The first-order valence-electron chi connectivity index (χ1n) is 7.51. The molecule has 9 heteroatoms. The fraction of sp³-hybridized carbons (Fsp3) is 0.176. The number of anilines is 2. The zero-order chi connectivity index (χ0) is 19.1. The van der Waals surface area contributed by atoms with Crippen LogP contribution < -0.4 is 10.6 Å². The molecule has 0 amide bonds. The molecule has 3 rings (SSSR count). The van der Waals surface area contributed by atoms with Gasteiger partial charge in [-0.15, -0.1) is 0 Å². The van der Waals surface area contributed by atoms with Gasteiger partial charge in [-0.2, -0.15) is 18.2 Å². The first kappa shape index (κ1) is 18.7. The van der Waals surface area contributed by atoms with Crippen LogP contribution in [0.3, 0.4) is 0 Å². The van der Waals surface area contributed by atoms with Crippen LogP contribution in [0.15, 0.2) is 42.6 Å². The molecule has 0 aliphatic rings. The van der Waals surface area contributed by atoms with Crippen molar-refractivity contribution in [3.63, 3.8) is 0 Å². The number of nitrogens with zero attached hydrogens (tertiary/aromatic N) is 2. The summed E-state index contributed by atoms with van der Waals surface area (Å²) in [6, 6.07) is 10.6. The Bertz CT molecular complexity index is 1030. The van der Waals surface area contributed by atoms with Gasteiger partial charge in [0.2, 0.25) is 5.28 Å². The van der Waals surface area contributed by atoms with Gasteiger partial charge in [-0.3, -0.25) is 0 Å². The van der Waals surface area contributed by atoms with Gasteiger partial charge in [0.1, 0.15) is 18.5 Å². The third-order valence-corrected chi connectivity index (χ3v) is 5.50. The molecule has 1 heterocycles. The van der Waals surface area contributed by atoms with Crippen LogP contribution in [0.5, 0.6) is 0 Å². The van der Waals surface area contributed by atoms with Crippen molar-refractivity contribution in [1.29, 1.82) is 0 Å². The molecular formula is C17H14ClF3N3OP. The lowest BCUT2D eigenvalue weighted by Gasteiger charge is -2.19. The molecule has 0 fully saturated rings. The SMILES string of the molecule is CP(C)(=O)c1c(Nc2nc(Cl)ncc2C(F)(F)F)ccc2ccccc12. The van der Waals surface area contributed by atoms with Crippen molar-refractivity contribution in [2.75, 3.05) is 18.6 Å². The number of fused-ring (bicyclic) bond motifs is 1. The summed E-state index contributed by atoms with van der Waals surface area (Å²) < 4.78 is 52.6. The lowest BCUT2D eigenvalue weighted by atomic mass is 10.1. The van der Waals surface area contributed by atoms with Crippen LogP contribution in [-0.2, 0) is 10.7 Å². The van der Waals surface area contributed by atoms with Crippen molar-refractivity contribution in [2.45, 2.75) is 6.18 Å². The number of hydrogen-bond donors (Lipinski definition) is 1. The highest BCUT2D eigenvalue weighted by Gasteiger charge is 2.35. The molecule has 0 atom stereocenters. The first-order valence-corrected chi connectivity index (χ1v) is 10.5. The molecule has 26 heavy (non-hydrogen) atoms. The molecule has 4 nitrogen and oxygen atoms in total. The summed E-state index contributed by atoms with van der Waals surface area (Å²) >= 11 is 5.67. The minimum Gasteiger partial charge on any atom is -0.339 e. The maximum atomic E-state index is 13.3. The van der Waals surface area contributed by atoms with Gasteiger partial charge in [0, 0.05) is 11.5 Å². The highest BCUT2D eigenvalue weighted by atomic mass is 35.5. The Morgan fingerprint density at radius 1 is 1.12 bits per heavy atom. The largest absolute Gasteiger partial charge is 0.421 e. The topological polar surface area (TPSA) is 54.9 Å². The van der Waals surface area contributed by atoms with E-state index < -0.39 is 24.7 Å². The molecule has 136 valence electrons. The number of halogens is 4. The van der Waals surface area contributed by atoms with E-state index in [2.05, 4.69) is 15.3 Å². The van der Waals surface area contributed by atoms with Crippen molar-refractivity contribution in [1.82, 2.24) is 9.97 Å². The molecule has 2 aromatic carbocycles. The van der Waals surface area contributed by atoms with Crippen molar-refractivity contribution >= 4 is 46.3 Å². The van der Waals surface area contributed by atoms with Crippen LogP contribution >= 0.6 is 18.7 Å². The second kappa shape index (κ2) is 6.56. The van der Waals surface area contributed by atoms with Gasteiger partial charge < -0.3 is 9.88 Å². The summed E-state index contributed by atoms with van der Waals surface area (Å²) in [5.74, 6) is -0.484. The summed E-state index contributed by atoms with van der Waals surface area (Å²) in [7, 11) is -2.83. The molecule has 0 bridgehead atoms. The zero-order valence-corrected chi connectivity index (χ0v) is 15.5. The lowest BCUT2D eigenvalue weighted by molar-refractivity contribution is -0.137. The van der Waals surface area contributed by atoms with Crippen LogP contribution in [0.1, 0.15) is 5.56 Å². The Labute approximate surface area is 152 Å². The predicted octanol–water partition coefficient (Wildman–Crippen LogP) is 5.29. The fourth-order valence-electron chi connectivity index (χ4n) is 2.73. The van der Waals surface area contributed by atoms with Crippen LogP contribution in [0, 0.1) is 0 Å². The summed E-state index contributed by atoms with van der Waals surface area (Å²) in [4.78, 5) is 7.08. The number of rotatable bonds is 3. The second-order valence-corrected chi connectivity index (χ2v) is 9.54. The van der Waals surface area contributed by atoms with Crippen LogP contribution in [0.2, 0.25) is 5.28 Å². The van der Waals surface area contributed by atoms with E-state index in [0.717, 1.165) is 5.39 Å². The molecule has 0 aliphatic heterocycles. The number of benzene rings is 2.